The van der Waals surface area contributed by atoms with Crippen molar-refractivity contribution >= 4 is 28.5 Å². The number of hydrogen-bond donors (Lipinski definition) is 3. The molecule has 5 rings (SSSR count). The first-order valence-corrected chi connectivity index (χ1v) is 13.6. The van der Waals surface area contributed by atoms with Gasteiger partial charge in [-0.1, -0.05) is 54.1 Å². The van der Waals surface area contributed by atoms with Gasteiger partial charge in [-0.3, -0.25) is 15.1 Å². The number of benzene rings is 3. The minimum Gasteiger partial charge on any atom is -0.488 e. The lowest BCUT2D eigenvalue weighted by Crippen LogP contribution is -2.44. The lowest BCUT2D eigenvalue weighted by atomic mass is 10.0. The number of carbonyl (C=O) groups is 1. The fraction of sp³-hybridized carbons (Fsp3) is 0.156. The van der Waals surface area contributed by atoms with E-state index in [9.17, 15) is 20.3 Å². The van der Waals surface area contributed by atoms with Crippen molar-refractivity contribution in [3.8, 4) is 34.6 Å². The summed E-state index contributed by atoms with van der Waals surface area (Å²) in [6.45, 7) is 1.47. The normalized spacial score (nSPS) is 12.3. The van der Waals surface area contributed by atoms with Crippen LogP contribution in [0.1, 0.15) is 23.6 Å². The van der Waals surface area contributed by atoms with Crippen molar-refractivity contribution in [3.63, 3.8) is 0 Å². The smallest absolute Gasteiger partial charge is 0.323 e. The third-order valence-electron chi connectivity index (χ3n) is 6.61. The maximum Gasteiger partial charge on any atom is 0.323 e. The zero-order chi connectivity index (χ0) is 30.3. The molecule has 216 valence electrons. The lowest BCUT2D eigenvalue weighted by molar-refractivity contribution is -0.142. The predicted octanol–water partition coefficient (Wildman–Crippen LogP) is 5.51. The van der Waals surface area contributed by atoms with E-state index >= 15 is 0 Å². The molecule has 0 aliphatic carbocycles. The van der Waals surface area contributed by atoms with Gasteiger partial charge in [0.25, 0.3) is 0 Å². The number of halogens is 1. The Bertz CT molecular complexity index is 1810. The number of para-hydroxylation sites is 1. The number of aliphatic carboxylic acids is 1. The van der Waals surface area contributed by atoms with E-state index in [0.29, 0.717) is 33.3 Å². The number of hydrogen-bond acceptors (Lipinski definition) is 9. The van der Waals surface area contributed by atoms with Crippen LogP contribution in [0.4, 0.5) is 0 Å². The predicted molar refractivity (Wildman–Crippen MR) is 160 cm³/mol. The number of fused-ring (bicyclic) bond motifs is 1. The van der Waals surface area contributed by atoms with Gasteiger partial charge < -0.3 is 19.7 Å². The lowest BCUT2D eigenvalue weighted by Gasteiger charge is -2.20. The van der Waals surface area contributed by atoms with Crippen LogP contribution in [0.5, 0.6) is 17.4 Å². The van der Waals surface area contributed by atoms with Crippen LogP contribution in [0, 0.1) is 11.3 Å². The quantitative estimate of drug-likeness (QED) is 0.178. The zero-order valence-corrected chi connectivity index (χ0v) is 23.7. The number of nitrogens with zero attached hydrogens (tertiary/aromatic N) is 4. The highest BCUT2D eigenvalue weighted by Gasteiger charge is 2.23. The van der Waals surface area contributed by atoms with Gasteiger partial charge in [0, 0.05) is 41.7 Å². The van der Waals surface area contributed by atoms with Gasteiger partial charge >= 0.3 is 5.97 Å². The van der Waals surface area contributed by atoms with Gasteiger partial charge in [-0.05, 0) is 30.7 Å². The molecule has 3 aromatic carbocycles. The van der Waals surface area contributed by atoms with Crippen molar-refractivity contribution in [1.82, 2.24) is 20.3 Å². The summed E-state index contributed by atoms with van der Waals surface area (Å²) >= 11 is 6.66. The summed E-state index contributed by atoms with van der Waals surface area (Å²) in [6.07, 6.45) is 3.30. The number of aliphatic hydroxyl groups excluding tert-OH is 1. The SMILES string of the molecule is C[C@H](O)[C@H](NCc1cc(Cl)c(Oc2ncnc3c(-c4ccccc4)cccc23)cc1OCc1cncc(C#N)c1)C(=O)O. The molecule has 5 aromatic rings. The Morgan fingerprint density at radius 1 is 1.07 bits per heavy atom. The Hall–Kier alpha value is -5.08. The minimum absolute atomic E-state index is 0.0184. The van der Waals surface area contributed by atoms with Crippen molar-refractivity contribution in [2.45, 2.75) is 32.2 Å². The molecular formula is C32H26ClN5O5. The molecule has 0 aliphatic heterocycles. The topological polar surface area (TPSA) is 150 Å². The maximum absolute atomic E-state index is 11.6. The highest BCUT2D eigenvalue weighted by atomic mass is 35.5. The van der Waals surface area contributed by atoms with Crippen LogP contribution in [0.2, 0.25) is 5.02 Å². The van der Waals surface area contributed by atoms with E-state index in [1.165, 1.54) is 19.4 Å². The van der Waals surface area contributed by atoms with Gasteiger partial charge in [0.1, 0.15) is 30.8 Å². The van der Waals surface area contributed by atoms with Crippen LogP contribution < -0.4 is 14.8 Å². The molecule has 0 saturated carbocycles. The van der Waals surface area contributed by atoms with Crippen LogP contribution in [0.3, 0.4) is 0 Å². The van der Waals surface area contributed by atoms with Crippen LogP contribution >= 0.6 is 11.6 Å². The van der Waals surface area contributed by atoms with E-state index in [1.54, 1.807) is 24.4 Å². The minimum atomic E-state index is -1.22. The van der Waals surface area contributed by atoms with E-state index < -0.39 is 18.1 Å². The summed E-state index contributed by atoms with van der Waals surface area (Å²) in [5.41, 5.74) is 4.17. The van der Waals surface area contributed by atoms with E-state index in [2.05, 4.69) is 20.3 Å². The molecule has 0 saturated heterocycles. The van der Waals surface area contributed by atoms with Crippen LogP contribution in [0.25, 0.3) is 22.0 Å². The molecule has 43 heavy (non-hydrogen) atoms. The molecule has 0 amide bonds. The van der Waals surface area contributed by atoms with Crippen molar-refractivity contribution < 1.29 is 24.5 Å². The number of carboxylic acid groups (broad SMARTS) is 1. The largest absolute Gasteiger partial charge is 0.488 e. The highest BCUT2D eigenvalue weighted by Crippen LogP contribution is 2.38. The van der Waals surface area contributed by atoms with Crippen molar-refractivity contribution in [2.24, 2.45) is 0 Å². The van der Waals surface area contributed by atoms with Crippen LogP contribution in [0.15, 0.2) is 85.5 Å². The monoisotopic (exact) mass is 595 g/mol. The molecule has 2 heterocycles. The van der Waals surface area contributed by atoms with Crippen LogP contribution in [-0.2, 0) is 17.9 Å². The maximum atomic E-state index is 11.6. The van der Waals surface area contributed by atoms with E-state index in [-0.39, 0.29) is 29.8 Å². The summed E-state index contributed by atoms with van der Waals surface area (Å²) in [5, 5.41) is 32.3. The number of ether oxygens (including phenoxy) is 2. The van der Waals surface area contributed by atoms with Gasteiger partial charge in [-0.15, -0.1) is 0 Å². The first-order valence-electron chi connectivity index (χ1n) is 13.2. The van der Waals surface area contributed by atoms with E-state index in [1.807, 2.05) is 54.6 Å². The Morgan fingerprint density at radius 3 is 2.63 bits per heavy atom. The average Bonchev–Trinajstić information content (AvgIpc) is 3.01. The summed E-state index contributed by atoms with van der Waals surface area (Å²) < 4.78 is 12.3. The molecule has 0 bridgehead atoms. The number of aromatic nitrogens is 3. The molecule has 2 aromatic heterocycles. The Balaban J connectivity index is 1.50. The summed E-state index contributed by atoms with van der Waals surface area (Å²) in [5.74, 6) is -0.326. The zero-order valence-electron chi connectivity index (χ0n) is 22.9. The molecule has 0 unspecified atom stereocenters. The number of nitriles is 1. The third-order valence-corrected chi connectivity index (χ3v) is 6.91. The first kappa shape index (κ1) is 29.4. The van der Waals surface area contributed by atoms with Crippen molar-refractivity contribution in [3.05, 3.63) is 107 Å². The number of carboxylic acids is 1. The first-order chi connectivity index (χ1) is 20.8. The molecule has 0 aliphatic rings. The molecule has 0 radical (unpaired) electrons. The second-order valence-corrected chi connectivity index (χ2v) is 10.1. The molecular weight excluding hydrogens is 570 g/mol. The summed E-state index contributed by atoms with van der Waals surface area (Å²) in [7, 11) is 0. The van der Waals surface area contributed by atoms with Crippen molar-refractivity contribution in [2.75, 3.05) is 0 Å². The molecule has 0 spiro atoms. The number of rotatable bonds is 11. The molecule has 11 heteroatoms. The molecule has 2 atom stereocenters. The molecule has 10 nitrogen and oxygen atoms in total. The van der Waals surface area contributed by atoms with Gasteiger partial charge in [0.15, 0.2) is 5.75 Å². The number of aliphatic hydroxyl groups is 1. The van der Waals surface area contributed by atoms with Crippen molar-refractivity contribution in [1.29, 1.82) is 5.26 Å². The Labute approximate surface area is 252 Å². The number of pyridine rings is 1. The Morgan fingerprint density at radius 2 is 1.88 bits per heavy atom. The van der Waals surface area contributed by atoms with E-state index in [0.717, 1.165) is 11.1 Å². The molecule has 0 fully saturated rings. The number of nitrogens with one attached hydrogen (secondary N) is 1. The fourth-order valence-electron chi connectivity index (χ4n) is 4.50. The van der Waals surface area contributed by atoms with Gasteiger partial charge in [0.05, 0.1) is 27.6 Å². The van der Waals surface area contributed by atoms with Gasteiger partial charge in [0.2, 0.25) is 5.88 Å². The second-order valence-electron chi connectivity index (χ2n) is 9.66. The summed E-state index contributed by atoms with van der Waals surface area (Å²) in [6, 6.07) is 21.3. The van der Waals surface area contributed by atoms with E-state index in [4.69, 9.17) is 21.1 Å². The van der Waals surface area contributed by atoms with Gasteiger partial charge in [-0.25, -0.2) is 9.97 Å². The Kier molecular flexibility index (Phi) is 9.08. The average molecular weight is 596 g/mol. The fourth-order valence-corrected chi connectivity index (χ4v) is 4.72. The second kappa shape index (κ2) is 13.3. The standard InChI is InChI=1S/C32H26ClN5O5/c1-19(39)29(32(40)41)36-16-23-11-26(33)28(12-27(23)42-17-21-10-20(13-34)14-35-15-21)43-31-25-9-5-8-24(30(25)37-18-38-31)22-6-3-2-4-7-22/h2-12,14-15,18-19,29,36,39H,16-17H2,1H3,(H,40,41)/t19-,29-/m0/s1. The van der Waals surface area contributed by atoms with Gasteiger partial charge in [-0.2, -0.15) is 5.26 Å². The third kappa shape index (κ3) is 6.88. The summed E-state index contributed by atoms with van der Waals surface area (Å²) in [4.78, 5) is 24.6. The van der Waals surface area contributed by atoms with Crippen LogP contribution in [-0.4, -0.2) is 43.3 Å². The molecule has 3 N–H and O–H groups in total. The highest BCUT2D eigenvalue weighted by molar-refractivity contribution is 6.32.